The molecule has 0 bridgehead atoms. The fourth-order valence-electron chi connectivity index (χ4n) is 1.09. The molecule has 0 heterocycles. The molecule has 2 N–H and O–H groups in total. The second-order valence-corrected chi connectivity index (χ2v) is 3.14. The second-order valence-electron chi connectivity index (χ2n) is 3.14. The molecule has 2 unspecified atom stereocenters. The van der Waals surface area contributed by atoms with Gasteiger partial charge in [-0.2, -0.15) is 0 Å². The zero-order valence-electron chi connectivity index (χ0n) is 7.67. The van der Waals surface area contributed by atoms with Crippen molar-refractivity contribution in [2.24, 2.45) is 0 Å². The van der Waals surface area contributed by atoms with Crippen LogP contribution in [0.4, 0.5) is 4.39 Å². The Labute approximate surface area is 73.4 Å². The molecule has 12 heavy (non-hydrogen) atoms. The van der Waals surface area contributed by atoms with Crippen molar-refractivity contribution in [2.75, 3.05) is 0 Å². The van der Waals surface area contributed by atoms with Crippen LogP contribution < -0.4 is 0 Å². The largest absolute Gasteiger partial charge is 0.388 e. The van der Waals surface area contributed by atoms with E-state index < -0.39 is 12.5 Å². The zero-order chi connectivity index (χ0) is 9.40. The Morgan fingerprint density at radius 2 is 1.67 bits per heavy atom. The summed E-state index contributed by atoms with van der Waals surface area (Å²) < 4.78 is 12.0. The monoisotopic (exact) mass is 178 g/mol. The minimum atomic E-state index is -2.07. The molecule has 0 spiro atoms. The predicted octanol–water partition coefficient (Wildman–Crippen LogP) is 2.00. The van der Waals surface area contributed by atoms with Crippen molar-refractivity contribution >= 4 is 0 Å². The van der Waals surface area contributed by atoms with Crippen LogP contribution in [0.15, 0.2) is 0 Å². The van der Waals surface area contributed by atoms with Crippen LogP contribution in [-0.4, -0.2) is 22.7 Å². The minimum Gasteiger partial charge on any atom is -0.388 e. The van der Waals surface area contributed by atoms with Crippen LogP contribution in [0.1, 0.15) is 45.4 Å². The molecular weight excluding hydrogens is 159 g/mol. The van der Waals surface area contributed by atoms with Crippen molar-refractivity contribution < 1.29 is 14.6 Å². The molecule has 2 atom stereocenters. The van der Waals surface area contributed by atoms with Crippen LogP contribution in [0.25, 0.3) is 0 Å². The first-order valence-electron chi connectivity index (χ1n) is 4.68. The maximum absolute atomic E-state index is 12.0. The maximum Gasteiger partial charge on any atom is 0.222 e. The lowest BCUT2D eigenvalue weighted by molar-refractivity contribution is -0.0685. The molecular formula is C9H19FO2. The molecule has 0 aliphatic rings. The Kier molecular flexibility index (Phi) is 7.40. The Hall–Kier alpha value is -0.150. The number of unbranched alkanes of at least 4 members (excludes halogenated alkanes) is 4. The second kappa shape index (κ2) is 7.50. The summed E-state index contributed by atoms with van der Waals surface area (Å²) in [5, 5.41) is 17.2. The lowest BCUT2D eigenvalue weighted by atomic mass is 10.1. The van der Waals surface area contributed by atoms with E-state index in [4.69, 9.17) is 10.2 Å². The van der Waals surface area contributed by atoms with Crippen molar-refractivity contribution in [3.8, 4) is 0 Å². The van der Waals surface area contributed by atoms with Crippen molar-refractivity contribution in [1.82, 2.24) is 0 Å². The highest BCUT2D eigenvalue weighted by molar-refractivity contribution is 4.57. The van der Waals surface area contributed by atoms with E-state index in [1.54, 1.807) is 0 Å². The zero-order valence-corrected chi connectivity index (χ0v) is 7.67. The number of hydrogen-bond donors (Lipinski definition) is 2. The van der Waals surface area contributed by atoms with Gasteiger partial charge in [-0.05, 0) is 6.42 Å². The van der Waals surface area contributed by atoms with E-state index in [-0.39, 0.29) is 0 Å². The summed E-state index contributed by atoms with van der Waals surface area (Å²) in [6.07, 6.45) is 2.40. The van der Waals surface area contributed by atoms with Gasteiger partial charge in [0.15, 0.2) is 0 Å². The van der Waals surface area contributed by atoms with Crippen molar-refractivity contribution in [3.63, 3.8) is 0 Å². The first kappa shape index (κ1) is 11.8. The first-order valence-corrected chi connectivity index (χ1v) is 4.68. The van der Waals surface area contributed by atoms with Crippen LogP contribution in [-0.2, 0) is 0 Å². The molecule has 0 radical (unpaired) electrons. The molecule has 0 aromatic heterocycles. The highest BCUT2D eigenvalue weighted by Crippen LogP contribution is 2.09. The highest BCUT2D eigenvalue weighted by Gasteiger charge is 2.13. The Morgan fingerprint density at radius 1 is 1.08 bits per heavy atom. The fourth-order valence-corrected chi connectivity index (χ4v) is 1.09. The third-order valence-electron chi connectivity index (χ3n) is 1.92. The van der Waals surface area contributed by atoms with Crippen LogP contribution in [0.2, 0.25) is 0 Å². The van der Waals surface area contributed by atoms with Gasteiger partial charge in [-0.1, -0.05) is 39.0 Å². The molecule has 0 rings (SSSR count). The van der Waals surface area contributed by atoms with Crippen LogP contribution in [0.5, 0.6) is 0 Å². The molecule has 0 fully saturated rings. The van der Waals surface area contributed by atoms with E-state index in [1.165, 1.54) is 12.8 Å². The summed E-state index contributed by atoms with van der Waals surface area (Å²) in [6, 6.07) is 0. The smallest absolute Gasteiger partial charge is 0.222 e. The van der Waals surface area contributed by atoms with Crippen molar-refractivity contribution in [2.45, 2.75) is 57.9 Å². The molecule has 0 amide bonds. The third-order valence-corrected chi connectivity index (χ3v) is 1.92. The molecule has 0 aliphatic carbocycles. The lowest BCUT2D eigenvalue weighted by Gasteiger charge is -2.09. The number of halogens is 1. The number of aliphatic hydroxyl groups is 2. The van der Waals surface area contributed by atoms with Gasteiger partial charge in [-0.25, -0.2) is 4.39 Å². The normalized spacial score (nSPS) is 16.0. The number of aliphatic hydroxyl groups excluding tert-OH is 2. The topological polar surface area (TPSA) is 40.5 Å². The molecule has 0 saturated heterocycles. The van der Waals surface area contributed by atoms with E-state index in [2.05, 4.69) is 6.92 Å². The van der Waals surface area contributed by atoms with Gasteiger partial charge in [0.25, 0.3) is 0 Å². The minimum absolute atomic E-state index is 0.362. The van der Waals surface area contributed by atoms with E-state index in [0.717, 1.165) is 19.3 Å². The van der Waals surface area contributed by atoms with Crippen LogP contribution >= 0.6 is 0 Å². The summed E-state index contributed by atoms with van der Waals surface area (Å²) in [6.45, 7) is 2.13. The Bertz CT molecular complexity index is 96.5. The van der Waals surface area contributed by atoms with E-state index in [9.17, 15) is 4.39 Å². The fraction of sp³-hybridized carbons (Fsp3) is 1.00. The molecule has 0 aromatic rings. The van der Waals surface area contributed by atoms with Gasteiger partial charge in [0.05, 0.1) is 0 Å². The van der Waals surface area contributed by atoms with Gasteiger partial charge in [0.2, 0.25) is 6.36 Å². The molecule has 74 valence electrons. The SMILES string of the molecule is CCCCCCCC(O)C(O)F. The van der Waals surface area contributed by atoms with Gasteiger partial charge in [-0.3, -0.25) is 0 Å². The van der Waals surface area contributed by atoms with Gasteiger partial charge in [0, 0.05) is 0 Å². The average molecular weight is 178 g/mol. The van der Waals surface area contributed by atoms with E-state index in [1.807, 2.05) is 0 Å². The molecule has 0 aliphatic heterocycles. The standard InChI is InChI=1S/C9H19FO2/c1-2-3-4-5-6-7-8(11)9(10)12/h8-9,11-12H,2-7H2,1H3. The average Bonchev–Trinajstić information content (AvgIpc) is 2.03. The quantitative estimate of drug-likeness (QED) is 0.585. The van der Waals surface area contributed by atoms with Crippen molar-refractivity contribution in [3.05, 3.63) is 0 Å². The van der Waals surface area contributed by atoms with Gasteiger partial charge >= 0.3 is 0 Å². The maximum atomic E-state index is 12.0. The summed E-state index contributed by atoms with van der Waals surface area (Å²) in [7, 11) is 0. The summed E-state index contributed by atoms with van der Waals surface area (Å²) in [5.41, 5.74) is 0. The number of hydrogen-bond acceptors (Lipinski definition) is 2. The summed E-state index contributed by atoms with van der Waals surface area (Å²) in [5.74, 6) is 0. The van der Waals surface area contributed by atoms with E-state index >= 15 is 0 Å². The summed E-state index contributed by atoms with van der Waals surface area (Å²) >= 11 is 0. The van der Waals surface area contributed by atoms with Crippen LogP contribution in [0.3, 0.4) is 0 Å². The van der Waals surface area contributed by atoms with Gasteiger partial charge in [0.1, 0.15) is 6.10 Å². The number of alkyl halides is 1. The Morgan fingerprint density at radius 3 is 2.17 bits per heavy atom. The molecule has 0 aromatic carbocycles. The Balaban J connectivity index is 3.08. The lowest BCUT2D eigenvalue weighted by Crippen LogP contribution is -2.20. The number of rotatable bonds is 7. The first-order chi connectivity index (χ1) is 5.68. The summed E-state index contributed by atoms with van der Waals surface area (Å²) in [4.78, 5) is 0. The van der Waals surface area contributed by atoms with Crippen LogP contribution in [0, 0.1) is 0 Å². The van der Waals surface area contributed by atoms with Gasteiger partial charge in [-0.15, -0.1) is 0 Å². The highest BCUT2D eigenvalue weighted by atomic mass is 19.1. The molecule has 2 nitrogen and oxygen atoms in total. The van der Waals surface area contributed by atoms with Crippen molar-refractivity contribution in [1.29, 1.82) is 0 Å². The van der Waals surface area contributed by atoms with Gasteiger partial charge < -0.3 is 10.2 Å². The molecule has 3 heteroatoms. The molecule has 0 saturated carbocycles. The predicted molar refractivity (Wildman–Crippen MR) is 46.5 cm³/mol. The third kappa shape index (κ3) is 6.55. The van der Waals surface area contributed by atoms with E-state index in [0.29, 0.717) is 6.42 Å².